The Morgan fingerprint density at radius 3 is 2.58 bits per heavy atom. The summed E-state index contributed by atoms with van der Waals surface area (Å²) < 4.78 is 11.8. The highest BCUT2D eigenvalue weighted by Gasteiger charge is 2.36. The zero-order valence-electron chi connectivity index (χ0n) is 17.1. The molecule has 0 bridgehead atoms. The van der Waals surface area contributed by atoms with Crippen LogP contribution in [0.1, 0.15) is 88.4 Å². The maximum atomic E-state index is 12.6. The number of hydrogen-bond acceptors (Lipinski definition) is 3. The standard InChI is InChI=1S/C23H32O3/c1-7-8-9-10-23(4,5)15-11-18(25-6)20-16-13-22(2,3)14-17(24)21(16)26-19(20)12-15/h11-12H,7-10,13-14H2,1-6H3. The number of Topliss-reactive ketones (excluding diaryl/α,β-unsaturated/α-hetero) is 1. The number of unbranched alkanes of at least 4 members (excludes halogenated alkanes) is 2. The largest absolute Gasteiger partial charge is 0.496 e. The van der Waals surface area contributed by atoms with Crippen molar-refractivity contribution in [3.05, 3.63) is 29.0 Å². The molecule has 142 valence electrons. The lowest BCUT2D eigenvalue weighted by atomic mass is 9.75. The number of ether oxygens (including phenoxy) is 1. The molecule has 0 saturated carbocycles. The number of fused-ring (bicyclic) bond motifs is 3. The van der Waals surface area contributed by atoms with Crippen LogP contribution in [0.5, 0.6) is 5.75 Å². The van der Waals surface area contributed by atoms with E-state index in [2.05, 4.69) is 46.8 Å². The molecule has 0 unspecified atom stereocenters. The van der Waals surface area contributed by atoms with Crippen LogP contribution in [0.2, 0.25) is 0 Å². The summed E-state index contributed by atoms with van der Waals surface area (Å²) in [5, 5.41) is 0.983. The quantitative estimate of drug-likeness (QED) is 0.558. The third-order valence-electron chi connectivity index (χ3n) is 5.81. The van der Waals surface area contributed by atoms with E-state index in [-0.39, 0.29) is 16.6 Å². The molecule has 0 atom stereocenters. The Bertz CT molecular complexity index is 824. The van der Waals surface area contributed by atoms with Gasteiger partial charge in [-0.15, -0.1) is 0 Å². The lowest BCUT2D eigenvalue weighted by molar-refractivity contribution is 0.0883. The summed E-state index contributed by atoms with van der Waals surface area (Å²) in [6.07, 6.45) is 6.20. The van der Waals surface area contributed by atoms with Crippen LogP contribution in [-0.4, -0.2) is 12.9 Å². The van der Waals surface area contributed by atoms with E-state index >= 15 is 0 Å². The van der Waals surface area contributed by atoms with Crippen molar-refractivity contribution < 1.29 is 13.9 Å². The molecule has 1 aliphatic rings. The van der Waals surface area contributed by atoms with Gasteiger partial charge in [-0.1, -0.05) is 53.9 Å². The Labute approximate surface area is 157 Å². The van der Waals surface area contributed by atoms with E-state index in [0.29, 0.717) is 12.2 Å². The van der Waals surface area contributed by atoms with Crippen molar-refractivity contribution >= 4 is 16.8 Å². The second-order valence-electron chi connectivity index (χ2n) is 9.24. The van der Waals surface area contributed by atoms with Crippen LogP contribution in [0.15, 0.2) is 16.5 Å². The van der Waals surface area contributed by atoms with Gasteiger partial charge in [0.05, 0.1) is 12.5 Å². The van der Waals surface area contributed by atoms with Gasteiger partial charge in [0, 0.05) is 12.0 Å². The molecule has 0 fully saturated rings. The minimum Gasteiger partial charge on any atom is -0.496 e. The van der Waals surface area contributed by atoms with Crippen molar-refractivity contribution in [3.63, 3.8) is 0 Å². The number of methoxy groups -OCH3 is 1. The van der Waals surface area contributed by atoms with Gasteiger partial charge < -0.3 is 9.15 Å². The van der Waals surface area contributed by atoms with E-state index in [4.69, 9.17) is 9.15 Å². The van der Waals surface area contributed by atoms with Crippen molar-refractivity contribution in [2.24, 2.45) is 5.41 Å². The first-order valence-electron chi connectivity index (χ1n) is 9.85. The normalized spacial score (nSPS) is 16.8. The molecular weight excluding hydrogens is 324 g/mol. The number of benzene rings is 1. The molecule has 1 aromatic heterocycles. The van der Waals surface area contributed by atoms with Crippen LogP contribution >= 0.6 is 0 Å². The van der Waals surface area contributed by atoms with Gasteiger partial charge in [-0.3, -0.25) is 4.79 Å². The van der Waals surface area contributed by atoms with Gasteiger partial charge in [0.2, 0.25) is 0 Å². The fraction of sp³-hybridized carbons (Fsp3) is 0.609. The predicted molar refractivity (Wildman–Crippen MR) is 106 cm³/mol. The third-order valence-corrected chi connectivity index (χ3v) is 5.81. The van der Waals surface area contributed by atoms with Crippen LogP contribution in [0, 0.1) is 5.41 Å². The Morgan fingerprint density at radius 2 is 1.92 bits per heavy atom. The van der Waals surface area contributed by atoms with Gasteiger partial charge in [-0.05, 0) is 41.4 Å². The number of carbonyl (C=O) groups is 1. The van der Waals surface area contributed by atoms with Gasteiger partial charge in [0.15, 0.2) is 11.5 Å². The minimum absolute atomic E-state index is 0.0377. The van der Waals surface area contributed by atoms with E-state index in [9.17, 15) is 4.79 Å². The predicted octanol–water partition coefficient (Wildman–Crippen LogP) is 6.45. The van der Waals surface area contributed by atoms with Crippen molar-refractivity contribution in [2.75, 3.05) is 7.11 Å². The minimum atomic E-state index is -0.0377. The molecule has 1 aromatic carbocycles. The van der Waals surface area contributed by atoms with Gasteiger partial charge >= 0.3 is 0 Å². The lowest BCUT2D eigenvalue weighted by Crippen LogP contribution is -2.25. The number of rotatable bonds is 6. The summed E-state index contributed by atoms with van der Waals surface area (Å²) >= 11 is 0. The first-order valence-corrected chi connectivity index (χ1v) is 9.85. The molecule has 3 heteroatoms. The van der Waals surface area contributed by atoms with Gasteiger partial charge in [0.25, 0.3) is 0 Å². The molecule has 1 aliphatic carbocycles. The van der Waals surface area contributed by atoms with Gasteiger partial charge in [-0.25, -0.2) is 0 Å². The fourth-order valence-electron chi connectivity index (χ4n) is 4.22. The number of furan rings is 1. The topological polar surface area (TPSA) is 39.4 Å². The van der Waals surface area contributed by atoms with Crippen LogP contribution in [-0.2, 0) is 11.8 Å². The average Bonchev–Trinajstić information content (AvgIpc) is 2.92. The SMILES string of the molecule is CCCCCC(C)(C)c1cc(OC)c2c3c(oc2c1)C(=O)CC(C)(C)C3. The van der Waals surface area contributed by atoms with Crippen molar-refractivity contribution in [3.8, 4) is 5.75 Å². The lowest BCUT2D eigenvalue weighted by Gasteiger charge is -2.28. The Kier molecular flexibility index (Phi) is 4.94. The molecule has 0 spiro atoms. The molecule has 0 amide bonds. The Hall–Kier alpha value is -1.77. The molecule has 3 rings (SSSR count). The third kappa shape index (κ3) is 3.41. The zero-order valence-corrected chi connectivity index (χ0v) is 17.1. The van der Waals surface area contributed by atoms with Gasteiger partial charge in [-0.2, -0.15) is 0 Å². The van der Waals surface area contributed by atoms with Crippen LogP contribution in [0.4, 0.5) is 0 Å². The van der Waals surface area contributed by atoms with Crippen molar-refractivity contribution in [1.82, 2.24) is 0 Å². The second kappa shape index (κ2) is 6.75. The van der Waals surface area contributed by atoms with Crippen LogP contribution < -0.4 is 4.74 Å². The second-order valence-corrected chi connectivity index (χ2v) is 9.24. The molecule has 26 heavy (non-hydrogen) atoms. The molecule has 2 aromatic rings. The summed E-state index contributed by atoms with van der Waals surface area (Å²) in [7, 11) is 1.71. The van der Waals surface area contributed by atoms with Crippen LogP contribution in [0.25, 0.3) is 11.0 Å². The molecule has 0 aliphatic heterocycles. The number of hydrogen-bond donors (Lipinski definition) is 0. The summed E-state index contributed by atoms with van der Waals surface area (Å²) in [5.41, 5.74) is 3.04. The smallest absolute Gasteiger partial charge is 0.198 e. The van der Waals surface area contributed by atoms with E-state index in [1.54, 1.807) is 7.11 Å². The summed E-state index contributed by atoms with van der Waals surface area (Å²) in [5.74, 6) is 1.48. The van der Waals surface area contributed by atoms with Crippen LogP contribution in [0.3, 0.4) is 0 Å². The molecule has 3 nitrogen and oxygen atoms in total. The number of carbonyl (C=O) groups excluding carboxylic acids is 1. The monoisotopic (exact) mass is 356 g/mol. The zero-order chi connectivity index (χ0) is 19.1. The maximum absolute atomic E-state index is 12.6. The highest BCUT2D eigenvalue weighted by Crippen LogP contribution is 2.45. The van der Waals surface area contributed by atoms with Gasteiger partial charge in [0.1, 0.15) is 11.3 Å². The van der Waals surface area contributed by atoms with Crippen molar-refractivity contribution in [2.45, 2.75) is 78.6 Å². The number of ketones is 1. The van der Waals surface area contributed by atoms with E-state index in [0.717, 1.165) is 35.1 Å². The first-order chi connectivity index (χ1) is 12.2. The molecular formula is C23H32O3. The Balaban J connectivity index is 2.10. The van der Waals surface area contributed by atoms with E-state index in [1.165, 1.54) is 24.8 Å². The molecule has 0 radical (unpaired) electrons. The summed E-state index contributed by atoms with van der Waals surface area (Å²) in [4.78, 5) is 12.6. The highest BCUT2D eigenvalue weighted by molar-refractivity contribution is 6.03. The first kappa shape index (κ1) is 19.0. The summed E-state index contributed by atoms with van der Waals surface area (Å²) in [6.45, 7) is 11.1. The molecule has 1 heterocycles. The molecule has 0 N–H and O–H groups in total. The van der Waals surface area contributed by atoms with E-state index < -0.39 is 0 Å². The maximum Gasteiger partial charge on any atom is 0.198 e. The summed E-state index contributed by atoms with van der Waals surface area (Å²) in [6, 6.07) is 4.28. The van der Waals surface area contributed by atoms with Crippen molar-refractivity contribution in [1.29, 1.82) is 0 Å². The average molecular weight is 357 g/mol. The fourth-order valence-corrected chi connectivity index (χ4v) is 4.22. The van der Waals surface area contributed by atoms with E-state index in [1.807, 2.05) is 0 Å². The Morgan fingerprint density at radius 1 is 1.19 bits per heavy atom. The highest BCUT2D eigenvalue weighted by atomic mass is 16.5. The molecule has 0 saturated heterocycles.